The molecule has 0 aliphatic rings. The molecule has 0 unspecified atom stereocenters. The number of nitrogens with zero attached hydrogens (tertiary/aromatic N) is 2. The molecule has 0 aliphatic heterocycles. The van der Waals surface area contributed by atoms with Crippen molar-refractivity contribution in [2.24, 2.45) is 0 Å². The molecule has 0 aliphatic carbocycles. The molecule has 5 nitrogen and oxygen atoms in total. The first-order chi connectivity index (χ1) is 7.86. The monoisotopic (exact) mass is 255 g/mol. The lowest BCUT2D eigenvalue weighted by molar-refractivity contribution is 0.602. The number of benzene rings is 1. The number of hydrogen-bond acceptors (Lipinski definition) is 4. The molecule has 1 aromatic heterocycles. The molecule has 0 spiro atoms. The lowest BCUT2D eigenvalue weighted by Crippen LogP contribution is -1.98. The zero-order valence-corrected chi connectivity index (χ0v) is 9.78. The molecule has 0 amide bonds. The van der Waals surface area contributed by atoms with Gasteiger partial charge in [0.05, 0.1) is 11.9 Å². The van der Waals surface area contributed by atoms with E-state index in [0.717, 1.165) is 6.26 Å². The van der Waals surface area contributed by atoms with E-state index in [1.165, 1.54) is 35.3 Å². The highest BCUT2D eigenvalue weighted by atomic mass is 32.2. The number of aromatic nitrogens is 2. The van der Waals surface area contributed by atoms with Crippen LogP contribution in [0.5, 0.6) is 0 Å². The maximum Gasteiger partial charge on any atom is 0.178 e. The average Bonchev–Trinajstić information content (AvgIpc) is 2.63. The Morgan fingerprint density at radius 3 is 2.59 bits per heavy atom. The summed E-state index contributed by atoms with van der Waals surface area (Å²) in [4.78, 5) is 0.0698. The van der Waals surface area contributed by atoms with Gasteiger partial charge in [0.25, 0.3) is 0 Å². The van der Waals surface area contributed by atoms with Crippen molar-refractivity contribution < 1.29 is 12.8 Å². The van der Waals surface area contributed by atoms with E-state index in [-0.39, 0.29) is 10.6 Å². The molecule has 0 radical (unpaired) electrons. The summed E-state index contributed by atoms with van der Waals surface area (Å²) in [6.45, 7) is 0. The van der Waals surface area contributed by atoms with Crippen molar-refractivity contribution in [2.45, 2.75) is 4.90 Å². The molecular formula is C10H10FN3O2S. The van der Waals surface area contributed by atoms with Crippen LogP contribution in [0.4, 0.5) is 10.1 Å². The number of hydrogen-bond donors (Lipinski definition) is 1. The molecule has 0 atom stereocenters. The second kappa shape index (κ2) is 3.85. The minimum absolute atomic E-state index is 0.0698. The maximum atomic E-state index is 13.1. The topological polar surface area (TPSA) is 78.0 Å². The van der Waals surface area contributed by atoms with Gasteiger partial charge in [0.15, 0.2) is 9.84 Å². The van der Waals surface area contributed by atoms with E-state index in [4.69, 9.17) is 5.73 Å². The molecule has 0 saturated carbocycles. The molecule has 2 N–H and O–H groups in total. The molecule has 0 fully saturated rings. The van der Waals surface area contributed by atoms with Gasteiger partial charge in [-0.25, -0.2) is 17.5 Å². The van der Waals surface area contributed by atoms with E-state index < -0.39 is 15.7 Å². The van der Waals surface area contributed by atoms with Crippen molar-refractivity contribution in [3.8, 4) is 5.69 Å². The third kappa shape index (κ3) is 2.44. The quantitative estimate of drug-likeness (QED) is 0.812. The fraction of sp³-hybridized carbons (Fsp3) is 0.100. The fourth-order valence-electron chi connectivity index (χ4n) is 1.37. The first-order valence-corrected chi connectivity index (χ1v) is 6.56. The van der Waals surface area contributed by atoms with E-state index >= 15 is 0 Å². The van der Waals surface area contributed by atoms with Gasteiger partial charge in [0.1, 0.15) is 10.7 Å². The van der Waals surface area contributed by atoms with Crippen molar-refractivity contribution in [2.75, 3.05) is 12.0 Å². The number of anilines is 1. The molecule has 7 heteroatoms. The molecule has 0 saturated heterocycles. The second-order valence-electron chi connectivity index (χ2n) is 3.64. The van der Waals surface area contributed by atoms with Crippen LogP contribution in [0.15, 0.2) is 35.5 Å². The molecular weight excluding hydrogens is 245 g/mol. The Balaban J connectivity index is 2.51. The predicted octanol–water partition coefficient (Wildman–Crippen LogP) is 0.997. The molecule has 2 aromatic rings. The zero-order valence-electron chi connectivity index (χ0n) is 8.96. The molecule has 1 aromatic carbocycles. The Kier molecular flexibility index (Phi) is 2.62. The van der Waals surface area contributed by atoms with Gasteiger partial charge in [-0.3, -0.25) is 0 Å². The highest BCUT2D eigenvalue weighted by Gasteiger charge is 2.11. The summed E-state index contributed by atoms with van der Waals surface area (Å²) in [6, 6.07) is 3.89. The van der Waals surface area contributed by atoms with Gasteiger partial charge in [-0.15, -0.1) is 0 Å². The van der Waals surface area contributed by atoms with Crippen LogP contribution in [-0.2, 0) is 9.84 Å². The van der Waals surface area contributed by atoms with Crippen LogP contribution in [-0.4, -0.2) is 24.5 Å². The Morgan fingerprint density at radius 2 is 2.06 bits per heavy atom. The highest BCUT2D eigenvalue weighted by molar-refractivity contribution is 7.90. The van der Waals surface area contributed by atoms with Crippen LogP contribution in [0.2, 0.25) is 0 Å². The number of sulfone groups is 1. The Hall–Kier alpha value is -1.89. The average molecular weight is 255 g/mol. The summed E-state index contributed by atoms with van der Waals surface area (Å²) >= 11 is 0. The predicted molar refractivity (Wildman–Crippen MR) is 61.0 cm³/mol. The Morgan fingerprint density at radius 1 is 1.35 bits per heavy atom. The summed E-state index contributed by atoms with van der Waals surface area (Å²) in [6.07, 6.45) is 3.59. The van der Waals surface area contributed by atoms with E-state index in [1.807, 2.05) is 0 Å². The SMILES string of the molecule is CS(=O)(=O)c1cnn(-c2cc(N)cc(F)c2)c1. The van der Waals surface area contributed by atoms with Crippen molar-refractivity contribution in [1.82, 2.24) is 9.78 Å². The largest absolute Gasteiger partial charge is 0.399 e. The summed E-state index contributed by atoms with van der Waals surface area (Å²) in [5.41, 5.74) is 6.11. The standard InChI is InChI=1S/C10H10FN3O2S/c1-17(15,16)10-5-13-14(6-10)9-3-7(11)2-8(12)4-9/h2-6H,12H2,1H3. The van der Waals surface area contributed by atoms with E-state index in [9.17, 15) is 12.8 Å². The van der Waals surface area contributed by atoms with Crippen LogP contribution < -0.4 is 5.73 Å². The van der Waals surface area contributed by atoms with Gasteiger partial charge in [0, 0.05) is 18.1 Å². The van der Waals surface area contributed by atoms with Crippen molar-refractivity contribution in [1.29, 1.82) is 0 Å². The number of rotatable bonds is 2. The smallest absolute Gasteiger partial charge is 0.178 e. The van der Waals surface area contributed by atoms with E-state index in [1.54, 1.807) is 0 Å². The minimum atomic E-state index is -3.32. The van der Waals surface area contributed by atoms with Crippen molar-refractivity contribution in [3.05, 3.63) is 36.4 Å². The number of nitrogens with two attached hydrogens (primary N) is 1. The van der Waals surface area contributed by atoms with Gasteiger partial charge in [-0.2, -0.15) is 5.10 Å². The van der Waals surface area contributed by atoms with Gasteiger partial charge in [0.2, 0.25) is 0 Å². The summed E-state index contributed by atoms with van der Waals surface area (Å²) in [7, 11) is -3.32. The Labute approximate surface area is 97.6 Å². The van der Waals surface area contributed by atoms with Gasteiger partial charge >= 0.3 is 0 Å². The van der Waals surface area contributed by atoms with Crippen molar-refractivity contribution >= 4 is 15.5 Å². The van der Waals surface area contributed by atoms with Crippen LogP contribution >= 0.6 is 0 Å². The van der Waals surface area contributed by atoms with Gasteiger partial charge in [-0.1, -0.05) is 0 Å². The third-order valence-corrected chi connectivity index (χ3v) is 3.22. The molecule has 1 heterocycles. The van der Waals surface area contributed by atoms with Crippen molar-refractivity contribution in [3.63, 3.8) is 0 Å². The highest BCUT2D eigenvalue weighted by Crippen LogP contribution is 2.16. The van der Waals surface area contributed by atoms with Gasteiger partial charge in [-0.05, 0) is 18.2 Å². The van der Waals surface area contributed by atoms with E-state index in [0.29, 0.717) is 5.69 Å². The third-order valence-electron chi connectivity index (χ3n) is 2.16. The lowest BCUT2D eigenvalue weighted by atomic mass is 10.3. The first kappa shape index (κ1) is 11.6. The second-order valence-corrected chi connectivity index (χ2v) is 5.65. The maximum absolute atomic E-state index is 13.1. The molecule has 0 bridgehead atoms. The fourth-order valence-corrected chi connectivity index (χ4v) is 1.90. The van der Waals surface area contributed by atoms with Gasteiger partial charge < -0.3 is 5.73 Å². The lowest BCUT2D eigenvalue weighted by Gasteiger charge is -2.02. The van der Waals surface area contributed by atoms with Crippen LogP contribution in [0.3, 0.4) is 0 Å². The minimum Gasteiger partial charge on any atom is -0.399 e. The summed E-state index contributed by atoms with van der Waals surface area (Å²) < 4.78 is 36.9. The molecule has 17 heavy (non-hydrogen) atoms. The first-order valence-electron chi connectivity index (χ1n) is 4.67. The molecule has 90 valence electrons. The zero-order chi connectivity index (χ0) is 12.6. The number of halogens is 1. The normalized spacial score (nSPS) is 11.6. The van der Waals surface area contributed by atoms with E-state index in [2.05, 4.69) is 5.10 Å². The van der Waals surface area contributed by atoms with Crippen LogP contribution in [0.25, 0.3) is 5.69 Å². The molecule has 2 rings (SSSR count). The summed E-state index contributed by atoms with van der Waals surface area (Å²) in [5.74, 6) is -0.503. The number of nitrogen functional groups attached to an aromatic ring is 1. The van der Waals surface area contributed by atoms with Crippen LogP contribution in [0.1, 0.15) is 0 Å². The Bertz CT molecular complexity index is 644. The summed E-state index contributed by atoms with van der Waals surface area (Å²) in [5, 5.41) is 3.85. The van der Waals surface area contributed by atoms with Crippen LogP contribution in [0, 0.1) is 5.82 Å².